The highest BCUT2D eigenvalue weighted by molar-refractivity contribution is 5.92. The van der Waals surface area contributed by atoms with Gasteiger partial charge in [0.25, 0.3) is 0 Å². The number of halogens is 2. The van der Waals surface area contributed by atoms with Crippen LogP contribution in [0.3, 0.4) is 0 Å². The van der Waals surface area contributed by atoms with E-state index in [1.54, 1.807) is 0 Å². The van der Waals surface area contributed by atoms with Crippen molar-refractivity contribution in [1.29, 1.82) is 0 Å². The predicted octanol–water partition coefficient (Wildman–Crippen LogP) is 1.33. The molecular formula is C7H8F2O2. The molecule has 0 aromatic carbocycles. The van der Waals surface area contributed by atoms with Gasteiger partial charge in [-0.1, -0.05) is 0 Å². The lowest BCUT2D eigenvalue weighted by Gasteiger charge is -2.09. The zero-order valence-corrected chi connectivity index (χ0v) is 5.90. The van der Waals surface area contributed by atoms with Crippen LogP contribution in [0.25, 0.3) is 0 Å². The summed E-state index contributed by atoms with van der Waals surface area (Å²) in [4.78, 5) is 21.2. The van der Waals surface area contributed by atoms with E-state index in [0.717, 1.165) is 0 Å². The van der Waals surface area contributed by atoms with Gasteiger partial charge in [-0.05, 0) is 0 Å². The molecule has 0 aliphatic heterocycles. The Labute approximate surface area is 62.6 Å². The van der Waals surface area contributed by atoms with Crippen molar-refractivity contribution in [2.75, 3.05) is 0 Å². The normalized spacial score (nSPS) is 24.9. The van der Waals surface area contributed by atoms with Crippen LogP contribution in [-0.4, -0.2) is 17.5 Å². The molecule has 4 heteroatoms. The van der Waals surface area contributed by atoms with Crippen LogP contribution in [-0.2, 0) is 9.59 Å². The van der Waals surface area contributed by atoms with E-state index < -0.39 is 18.1 Å². The first-order valence-corrected chi connectivity index (χ1v) is 3.45. The summed E-state index contributed by atoms with van der Waals surface area (Å²) in [5.74, 6) is -4.59. The molecular weight excluding hydrogens is 154 g/mol. The van der Waals surface area contributed by atoms with Gasteiger partial charge in [0.05, 0.1) is 0 Å². The predicted molar refractivity (Wildman–Crippen MR) is 33.4 cm³/mol. The van der Waals surface area contributed by atoms with E-state index in [1.165, 1.54) is 0 Å². The molecule has 0 heterocycles. The highest BCUT2D eigenvalue weighted by atomic mass is 19.3. The van der Waals surface area contributed by atoms with E-state index in [9.17, 15) is 18.4 Å². The molecule has 0 unspecified atom stereocenters. The summed E-state index contributed by atoms with van der Waals surface area (Å²) in [5.41, 5.74) is 0. The van der Waals surface area contributed by atoms with Crippen molar-refractivity contribution in [2.45, 2.75) is 31.6 Å². The van der Waals surface area contributed by atoms with Gasteiger partial charge in [0.1, 0.15) is 5.78 Å². The van der Waals surface area contributed by atoms with Gasteiger partial charge in [-0.15, -0.1) is 0 Å². The third kappa shape index (κ3) is 1.82. The van der Waals surface area contributed by atoms with Gasteiger partial charge in [-0.25, -0.2) is 0 Å². The van der Waals surface area contributed by atoms with Gasteiger partial charge in [0, 0.05) is 25.7 Å². The third-order valence-corrected chi connectivity index (χ3v) is 1.76. The van der Waals surface area contributed by atoms with Gasteiger partial charge in [-0.2, -0.15) is 8.78 Å². The lowest BCUT2D eigenvalue weighted by molar-refractivity contribution is -0.143. The van der Waals surface area contributed by atoms with Crippen molar-refractivity contribution in [3.8, 4) is 0 Å². The molecule has 1 saturated carbocycles. The molecule has 0 atom stereocenters. The molecule has 62 valence electrons. The summed E-state index contributed by atoms with van der Waals surface area (Å²) in [7, 11) is 0. The van der Waals surface area contributed by atoms with Crippen molar-refractivity contribution < 1.29 is 18.4 Å². The van der Waals surface area contributed by atoms with Crippen LogP contribution in [0, 0.1) is 0 Å². The van der Waals surface area contributed by atoms with Crippen molar-refractivity contribution in [1.82, 2.24) is 0 Å². The summed E-state index contributed by atoms with van der Waals surface area (Å²) >= 11 is 0. The number of ketones is 2. The standard InChI is InChI=1S/C7H8F2O2/c8-7(9)4-3-5(10)1-2-6(7)11/h1-4H2. The number of hydrogen-bond donors (Lipinski definition) is 0. The van der Waals surface area contributed by atoms with Crippen molar-refractivity contribution in [2.24, 2.45) is 0 Å². The second-order valence-electron chi connectivity index (χ2n) is 2.67. The highest BCUT2D eigenvalue weighted by Gasteiger charge is 2.40. The van der Waals surface area contributed by atoms with Crippen LogP contribution in [0.15, 0.2) is 0 Å². The lowest BCUT2D eigenvalue weighted by atomic mass is 10.1. The molecule has 0 aromatic heterocycles. The monoisotopic (exact) mass is 162 g/mol. The van der Waals surface area contributed by atoms with Crippen molar-refractivity contribution >= 4 is 11.6 Å². The summed E-state index contributed by atoms with van der Waals surface area (Å²) in [5, 5.41) is 0. The minimum Gasteiger partial charge on any atom is -0.300 e. The van der Waals surface area contributed by atoms with Gasteiger partial charge in [0.2, 0.25) is 5.78 Å². The van der Waals surface area contributed by atoms with E-state index in [4.69, 9.17) is 0 Å². The maximum absolute atomic E-state index is 12.5. The SMILES string of the molecule is O=C1CCC(=O)C(F)(F)CC1. The Morgan fingerprint density at radius 2 is 1.73 bits per heavy atom. The van der Waals surface area contributed by atoms with Gasteiger partial charge < -0.3 is 0 Å². The Kier molecular flexibility index (Phi) is 2.02. The molecule has 11 heavy (non-hydrogen) atoms. The summed E-state index contributed by atoms with van der Waals surface area (Å²) in [6.07, 6.45) is -1.09. The second-order valence-corrected chi connectivity index (χ2v) is 2.67. The van der Waals surface area contributed by atoms with Crippen molar-refractivity contribution in [3.63, 3.8) is 0 Å². The molecule has 0 bridgehead atoms. The number of carbonyl (C=O) groups is 2. The molecule has 1 fully saturated rings. The van der Waals surface area contributed by atoms with E-state index in [2.05, 4.69) is 0 Å². The minimum absolute atomic E-state index is 0.0194. The molecule has 0 aromatic rings. The van der Waals surface area contributed by atoms with E-state index >= 15 is 0 Å². The summed E-state index contributed by atoms with van der Waals surface area (Å²) < 4.78 is 25.1. The maximum Gasteiger partial charge on any atom is 0.305 e. The second kappa shape index (κ2) is 2.68. The topological polar surface area (TPSA) is 34.1 Å². The van der Waals surface area contributed by atoms with Crippen LogP contribution in [0.2, 0.25) is 0 Å². The zero-order valence-electron chi connectivity index (χ0n) is 5.90. The molecule has 0 amide bonds. The highest BCUT2D eigenvalue weighted by Crippen LogP contribution is 2.27. The van der Waals surface area contributed by atoms with Gasteiger partial charge in [0.15, 0.2) is 0 Å². The number of rotatable bonds is 0. The molecule has 0 spiro atoms. The lowest BCUT2D eigenvalue weighted by Crippen LogP contribution is -2.26. The molecule has 0 radical (unpaired) electrons. The third-order valence-electron chi connectivity index (χ3n) is 1.76. The fourth-order valence-electron chi connectivity index (χ4n) is 0.997. The quantitative estimate of drug-likeness (QED) is 0.503. The smallest absolute Gasteiger partial charge is 0.300 e. The molecule has 0 saturated heterocycles. The van der Waals surface area contributed by atoms with Gasteiger partial charge in [-0.3, -0.25) is 9.59 Å². The Balaban J connectivity index is 2.71. The van der Waals surface area contributed by atoms with Crippen molar-refractivity contribution in [3.05, 3.63) is 0 Å². The van der Waals surface area contributed by atoms with Crippen LogP contribution >= 0.6 is 0 Å². The summed E-state index contributed by atoms with van der Waals surface area (Å²) in [6.45, 7) is 0. The molecule has 1 rings (SSSR count). The first-order chi connectivity index (χ1) is 5.02. The number of hydrogen-bond acceptors (Lipinski definition) is 2. The largest absolute Gasteiger partial charge is 0.305 e. The van der Waals surface area contributed by atoms with Gasteiger partial charge >= 0.3 is 5.92 Å². The van der Waals surface area contributed by atoms with E-state index in [-0.39, 0.29) is 25.0 Å². The number of alkyl halides is 2. The Hall–Kier alpha value is -0.800. The first-order valence-electron chi connectivity index (χ1n) is 3.45. The minimum atomic E-state index is -3.26. The fraction of sp³-hybridized carbons (Fsp3) is 0.714. The number of Topliss-reactive ketones (excluding diaryl/α,β-unsaturated/α-hetero) is 2. The Morgan fingerprint density at radius 3 is 2.36 bits per heavy atom. The average molecular weight is 162 g/mol. The summed E-state index contributed by atoms with van der Waals surface area (Å²) in [6, 6.07) is 0. The first kappa shape index (κ1) is 8.30. The molecule has 0 N–H and O–H groups in total. The maximum atomic E-state index is 12.5. The Bertz CT molecular complexity index is 199. The Morgan fingerprint density at radius 1 is 1.09 bits per heavy atom. The zero-order chi connectivity index (χ0) is 8.48. The van der Waals surface area contributed by atoms with Crippen LogP contribution in [0.4, 0.5) is 8.78 Å². The van der Waals surface area contributed by atoms with Crippen LogP contribution in [0.1, 0.15) is 25.7 Å². The molecule has 2 nitrogen and oxygen atoms in total. The molecule has 1 aliphatic carbocycles. The molecule has 1 aliphatic rings. The van der Waals surface area contributed by atoms with E-state index in [1.807, 2.05) is 0 Å². The van der Waals surface area contributed by atoms with Crippen LogP contribution in [0.5, 0.6) is 0 Å². The van der Waals surface area contributed by atoms with E-state index in [0.29, 0.717) is 0 Å². The van der Waals surface area contributed by atoms with Crippen LogP contribution < -0.4 is 0 Å². The average Bonchev–Trinajstić information content (AvgIpc) is 2.03. The number of carbonyl (C=O) groups excluding carboxylic acids is 2. The fourth-order valence-corrected chi connectivity index (χ4v) is 0.997.